The maximum atomic E-state index is 13.2. The number of morpholine rings is 1. The minimum atomic E-state index is -0.880. The van der Waals surface area contributed by atoms with Crippen LogP contribution in [0.25, 0.3) is 0 Å². The van der Waals surface area contributed by atoms with Crippen molar-refractivity contribution in [2.75, 3.05) is 26.3 Å². The predicted molar refractivity (Wildman–Crippen MR) is 105 cm³/mol. The van der Waals surface area contributed by atoms with Gasteiger partial charge in [0.2, 0.25) is 5.91 Å². The summed E-state index contributed by atoms with van der Waals surface area (Å²) >= 11 is 5.95. The van der Waals surface area contributed by atoms with E-state index in [1.807, 2.05) is 49.9 Å². The maximum Gasteiger partial charge on any atom is 0.243 e. The molecule has 0 aromatic heterocycles. The lowest BCUT2D eigenvalue weighted by molar-refractivity contribution is -0.184. The fraction of sp³-hybridized carbons (Fsp3) is 0.632. The third-order valence-corrected chi connectivity index (χ3v) is 6.06. The Labute approximate surface area is 166 Å². The summed E-state index contributed by atoms with van der Waals surface area (Å²) in [6, 6.07) is 7.56. The minimum absolute atomic E-state index is 0. The van der Waals surface area contributed by atoms with E-state index >= 15 is 0 Å². The van der Waals surface area contributed by atoms with Crippen LogP contribution in [0.3, 0.4) is 0 Å². The van der Waals surface area contributed by atoms with Crippen molar-refractivity contribution in [2.45, 2.75) is 44.9 Å². The van der Waals surface area contributed by atoms with Gasteiger partial charge in [-0.05, 0) is 24.6 Å². The Kier molecular flexibility index (Phi) is 6.62. The molecule has 1 aromatic rings. The lowest BCUT2D eigenvalue weighted by Gasteiger charge is -2.59. The number of halogens is 2. The number of nitrogens with two attached hydrogens (primary N) is 1. The van der Waals surface area contributed by atoms with E-state index in [1.165, 1.54) is 0 Å². The van der Waals surface area contributed by atoms with E-state index in [0.717, 1.165) is 5.56 Å². The summed E-state index contributed by atoms with van der Waals surface area (Å²) in [5, 5.41) is 0.687. The van der Waals surface area contributed by atoms with Gasteiger partial charge in [-0.2, -0.15) is 0 Å². The van der Waals surface area contributed by atoms with Crippen molar-refractivity contribution in [1.29, 1.82) is 0 Å². The van der Waals surface area contributed by atoms with Crippen LogP contribution in [0.4, 0.5) is 0 Å². The average molecular weight is 403 g/mol. The summed E-state index contributed by atoms with van der Waals surface area (Å²) in [4.78, 5) is 15.0. The molecule has 5 nitrogen and oxygen atoms in total. The molecule has 3 rings (SSSR count). The second kappa shape index (κ2) is 8.03. The molecular formula is C19H28Cl2N2O3. The van der Waals surface area contributed by atoms with E-state index in [4.69, 9.17) is 26.8 Å². The predicted octanol–water partition coefficient (Wildman–Crippen LogP) is 3.19. The largest absolute Gasteiger partial charge is 0.378 e. The Morgan fingerprint density at radius 2 is 2.04 bits per heavy atom. The van der Waals surface area contributed by atoms with Crippen LogP contribution in [-0.4, -0.2) is 48.8 Å². The van der Waals surface area contributed by atoms with Crippen molar-refractivity contribution in [2.24, 2.45) is 11.1 Å². The van der Waals surface area contributed by atoms with Gasteiger partial charge in [0, 0.05) is 30.0 Å². The van der Waals surface area contributed by atoms with E-state index in [1.54, 1.807) is 0 Å². The molecule has 1 aromatic carbocycles. The molecule has 2 fully saturated rings. The summed E-state index contributed by atoms with van der Waals surface area (Å²) in [7, 11) is 0. The summed E-state index contributed by atoms with van der Waals surface area (Å²) in [5.41, 5.74) is 6.31. The first-order valence-electron chi connectivity index (χ1n) is 8.86. The number of carbonyl (C=O) groups excluding carboxylic acids is 1. The highest BCUT2D eigenvalue weighted by Gasteiger charge is 2.63. The van der Waals surface area contributed by atoms with Crippen LogP contribution < -0.4 is 5.73 Å². The number of ether oxygens (including phenoxy) is 2. The van der Waals surface area contributed by atoms with E-state index in [0.29, 0.717) is 37.7 Å². The second-order valence-corrected chi connectivity index (χ2v) is 7.94. The molecule has 1 aliphatic heterocycles. The Morgan fingerprint density at radius 1 is 1.38 bits per heavy atom. The van der Waals surface area contributed by atoms with Crippen molar-refractivity contribution < 1.29 is 14.3 Å². The molecule has 2 aliphatic rings. The summed E-state index contributed by atoms with van der Waals surface area (Å²) < 4.78 is 11.6. The van der Waals surface area contributed by atoms with Gasteiger partial charge in [0.25, 0.3) is 0 Å². The van der Waals surface area contributed by atoms with Crippen LogP contribution in [0.5, 0.6) is 0 Å². The van der Waals surface area contributed by atoms with Crippen molar-refractivity contribution in [3.05, 3.63) is 34.9 Å². The number of amides is 1. The van der Waals surface area contributed by atoms with Gasteiger partial charge in [0.1, 0.15) is 11.6 Å². The van der Waals surface area contributed by atoms with Gasteiger partial charge in [0.15, 0.2) is 0 Å². The highest BCUT2D eigenvalue weighted by molar-refractivity contribution is 6.30. The second-order valence-electron chi connectivity index (χ2n) is 7.50. The zero-order valence-corrected chi connectivity index (χ0v) is 17.1. The average Bonchev–Trinajstić information content (AvgIpc) is 2.61. The zero-order valence-electron chi connectivity index (χ0n) is 15.5. The monoisotopic (exact) mass is 402 g/mol. The van der Waals surface area contributed by atoms with Gasteiger partial charge in [-0.15, -0.1) is 12.4 Å². The van der Waals surface area contributed by atoms with E-state index in [9.17, 15) is 4.79 Å². The molecule has 2 N–H and O–H groups in total. The molecule has 1 saturated carbocycles. The molecule has 0 spiro atoms. The van der Waals surface area contributed by atoms with E-state index in [-0.39, 0.29) is 35.9 Å². The summed E-state index contributed by atoms with van der Waals surface area (Å²) in [5.74, 6) is -0.00397. The van der Waals surface area contributed by atoms with Gasteiger partial charge in [-0.1, -0.05) is 37.6 Å². The Morgan fingerprint density at radius 3 is 2.62 bits per heavy atom. The smallest absolute Gasteiger partial charge is 0.243 e. The molecule has 1 heterocycles. The van der Waals surface area contributed by atoms with E-state index < -0.39 is 5.54 Å². The molecule has 7 heteroatoms. The fourth-order valence-electron chi connectivity index (χ4n) is 3.79. The third kappa shape index (κ3) is 3.60. The highest BCUT2D eigenvalue weighted by Crippen LogP contribution is 2.50. The first-order chi connectivity index (χ1) is 11.8. The quantitative estimate of drug-likeness (QED) is 0.839. The Balaban J connectivity index is 0.00000243. The van der Waals surface area contributed by atoms with Crippen LogP contribution in [0.1, 0.15) is 38.9 Å². The zero-order chi connectivity index (χ0) is 18.2. The molecule has 3 atom stereocenters. The van der Waals surface area contributed by atoms with E-state index in [2.05, 4.69) is 0 Å². The molecule has 1 amide bonds. The van der Waals surface area contributed by atoms with Gasteiger partial charge in [0.05, 0.1) is 19.3 Å². The topological polar surface area (TPSA) is 64.8 Å². The number of carbonyl (C=O) groups is 1. The third-order valence-electron chi connectivity index (χ3n) is 5.81. The molecule has 3 unspecified atom stereocenters. The van der Waals surface area contributed by atoms with Gasteiger partial charge >= 0.3 is 0 Å². The number of rotatable bonds is 4. The lowest BCUT2D eigenvalue weighted by atomic mass is 9.54. The van der Waals surface area contributed by atoms with Crippen LogP contribution in [0.15, 0.2) is 24.3 Å². The number of nitrogens with zero attached hydrogens (tertiary/aromatic N) is 1. The molecule has 146 valence electrons. The number of hydrogen-bond donors (Lipinski definition) is 1. The molecule has 26 heavy (non-hydrogen) atoms. The lowest BCUT2D eigenvalue weighted by Crippen LogP contribution is -2.76. The van der Waals surface area contributed by atoms with Crippen molar-refractivity contribution in [3.63, 3.8) is 0 Å². The molecule has 1 aliphatic carbocycles. The Bertz CT molecular complexity index is 638. The SMILES string of the molecule is CCOC1CC(N)(C(=O)N2CCOC(c3ccc(Cl)cc3)C2)C1(C)C.Cl. The standard InChI is InChI=1S/C19H27ClN2O3.ClH/c1-4-24-16-11-19(21,18(16,2)3)17(23)22-9-10-25-15(12-22)13-5-7-14(20)8-6-13;/h5-8,15-16H,4,9-12,21H2,1-3H3;1H. The van der Waals surface area contributed by atoms with Gasteiger partial charge in [-0.25, -0.2) is 0 Å². The molecule has 0 bridgehead atoms. The first-order valence-corrected chi connectivity index (χ1v) is 9.24. The van der Waals surface area contributed by atoms with Gasteiger partial charge in [-0.3, -0.25) is 4.79 Å². The summed E-state index contributed by atoms with van der Waals surface area (Å²) in [6.07, 6.45) is 0.444. The fourth-order valence-corrected chi connectivity index (χ4v) is 3.92. The van der Waals surface area contributed by atoms with Crippen LogP contribution in [-0.2, 0) is 14.3 Å². The first kappa shape index (κ1) is 21.5. The maximum absolute atomic E-state index is 13.2. The summed E-state index contributed by atoms with van der Waals surface area (Å²) in [6.45, 7) is 8.22. The van der Waals surface area contributed by atoms with Crippen molar-refractivity contribution in [1.82, 2.24) is 4.90 Å². The van der Waals surface area contributed by atoms with Crippen LogP contribution >= 0.6 is 24.0 Å². The molecule has 0 radical (unpaired) electrons. The molecule has 1 saturated heterocycles. The van der Waals surface area contributed by atoms with Crippen LogP contribution in [0.2, 0.25) is 5.02 Å². The number of hydrogen-bond acceptors (Lipinski definition) is 4. The minimum Gasteiger partial charge on any atom is -0.378 e. The highest BCUT2D eigenvalue weighted by atomic mass is 35.5. The Hall–Kier alpha value is -0.850. The van der Waals surface area contributed by atoms with Crippen LogP contribution in [0, 0.1) is 5.41 Å². The van der Waals surface area contributed by atoms with Crippen molar-refractivity contribution >= 4 is 29.9 Å². The number of benzene rings is 1. The van der Waals surface area contributed by atoms with Gasteiger partial charge < -0.3 is 20.1 Å². The normalized spacial score (nSPS) is 30.3. The van der Waals surface area contributed by atoms with Crippen molar-refractivity contribution in [3.8, 4) is 0 Å². The molecular weight excluding hydrogens is 375 g/mol.